The number of hydrogen-bond acceptors (Lipinski definition) is 7. The monoisotopic (exact) mass is 690 g/mol. The highest BCUT2D eigenvalue weighted by Gasteiger charge is 2.34. The van der Waals surface area contributed by atoms with Gasteiger partial charge in [0.1, 0.15) is 35.4 Å². The van der Waals surface area contributed by atoms with Crippen molar-refractivity contribution in [2.45, 2.75) is 32.5 Å². The summed E-state index contributed by atoms with van der Waals surface area (Å²) in [5.74, 6) is -1.71. The third-order valence-corrected chi connectivity index (χ3v) is 10.3. The summed E-state index contributed by atoms with van der Waals surface area (Å²) < 4.78 is 43.7. The molecule has 0 bridgehead atoms. The molecule has 1 aliphatic rings. The van der Waals surface area contributed by atoms with Crippen LogP contribution in [-0.2, 0) is 25.5 Å². The number of hydrogen-bond donors (Lipinski definition) is 0. The van der Waals surface area contributed by atoms with Gasteiger partial charge in [-0.15, -0.1) is 11.3 Å². The molecule has 1 aliphatic heterocycles. The lowest BCUT2D eigenvalue weighted by Gasteiger charge is -2.36. The molecule has 252 valence electrons. The molecule has 2 atom stereocenters. The molecule has 0 spiro atoms. The van der Waals surface area contributed by atoms with Crippen molar-refractivity contribution >= 4 is 38.4 Å². The fraction of sp³-hybridized carbons (Fsp3) is 0.216. The Kier molecular flexibility index (Phi) is 7.59. The molecule has 6 heterocycles. The van der Waals surface area contributed by atoms with Crippen molar-refractivity contribution < 1.29 is 18.3 Å². The number of imidazole rings is 1. The van der Waals surface area contributed by atoms with Gasteiger partial charge in [-0.25, -0.2) is 18.7 Å². The Morgan fingerprint density at radius 2 is 1.92 bits per heavy atom. The molecule has 0 saturated carbocycles. The first kappa shape index (κ1) is 31.6. The number of fused-ring (bicyclic) bond motifs is 3. The van der Waals surface area contributed by atoms with E-state index in [1.54, 1.807) is 35.2 Å². The number of aryl methyl sites for hydroxylation is 2. The zero-order valence-corrected chi connectivity index (χ0v) is 28.6. The molecule has 0 saturated heterocycles. The van der Waals surface area contributed by atoms with Crippen LogP contribution >= 0.6 is 11.3 Å². The van der Waals surface area contributed by atoms with E-state index in [4.69, 9.17) is 14.8 Å². The molecule has 2 aromatic carbocycles. The summed E-state index contributed by atoms with van der Waals surface area (Å²) in [6.45, 7) is 8.09. The zero-order chi connectivity index (χ0) is 34.8. The van der Waals surface area contributed by atoms with Crippen LogP contribution in [0.25, 0.3) is 54.9 Å². The molecule has 0 unspecified atom stereocenters. The van der Waals surface area contributed by atoms with Crippen molar-refractivity contribution in [1.29, 1.82) is 0 Å². The smallest absolute Gasteiger partial charge is 0.246 e. The van der Waals surface area contributed by atoms with Crippen molar-refractivity contribution in [3.8, 4) is 39.5 Å². The largest absolute Gasteiger partial charge is 0.486 e. The molecule has 7 aromatic rings. The maximum atomic E-state index is 16.4. The molecule has 13 heteroatoms. The molecule has 0 N–H and O–H groups in total. The minimum atomic E-state index is -0.795. The predicted molar refractivity (Wildman–Crippen MR) is 188 cm³/mol. The maximum Gasteiger partial charge on any atom is 0.246 e. The minimum Gasteiger partial charge on any atom is -0.486 e. The topological polar surface area (TPSA) is 95.9 Å². The second-order valence-corrected chi connectivity index (χ2v) is 13.4. The standard InChI is InChI=1S/C37H32F2N8O2S/c1-6-32(48)46-17-20(2)47-30(21(46)3)16-28(43-47)36-33(34-26(39)14-23(38)15-31(34)49-18-24-9-11-41-45(24)5)25-10-12-50-37(25)35(42-36)22-7-8-29-27(13-22)40-19-44(29)4/h6-16,19-21H,1,17-18H2,2-5H3/t20-,21+/m0/s1. The molecular formula is C37H32F2N8O2S. The third-order valence-electron chi connectivity index (χ3n) is 9.41. The number of pyridine rings is 1. The summed E-state index contributed by atoms with van der Waals surface area (Å²) in [6, 6.07) is 13.2. The van der Waals surface area contributed by atoms with Crippen LogP contribution in [0.3, 0.4) is 0 Å². The predicted octanol–water partition coefficient (Wildman–Crippen LogP) is 7.62. The Hall–Kier alpha value is -5.69. The first-order valence-corrected chi connectivity index (χ1v) is 17.0. The number of carbonyl (C=O) groups is 1. The highest BCUT2D eigenvalue weighted by Crippen LogP contribution is 2.47. The SMILES string of the molecule is C=CC(=O)N1C[C@H](C)n2nc(-c3nc(-c4ccc5c(c4)ncn5C)c4sccc4c3-c3c(F)cc(F)cc3OCc3ccnn3C)cc2[C@H]1C. The zero-order valence-electron chi connectivity index (χ0n) is 27.8. The summed E-state index contributed by atoms with van der Waals surface area (Å²) in [6.07, 6.45) is 4.71. The Balaban J connectivity index is 1.39. The number of nitrogens with zero attached hydrogens (tertiary/aromatic N) is 8. The molecule has 0 aliphatic carbocycles. The third kappa shape index (κ3) is 5.07. The van der Waals surface area contributed by atoms with Gasteiger partial charge in [0.25, 0.3) is 0 Å². The van der Waals surface area contributed by atoms with Crippen LogP contribution < -0.4 is 4.74 Å². The number of carbonyl (C=O) groups excluding carboxylic acids is 1. The summed E-state index contributed by atoms with van der Waals surface area (Å²) >= 11 is 1.48. The van der Waals surface area contributed by atoms with Crippen LogP contribution in [0, 0.1) is 11.6 Å². The Morgan fingerprint density at radius 3 is 2.70 bits per heavy atom. The van der Waals surface area contributed by atoms with E-state index in [2.05, 4.69) is 16.7 Å². The molecule has 5 aromatic heterocycles. The van der Waals surface area contributed by atoms with Crippen molar-refractivity contribution in [3.05, 3.63) is 102 Å². The maximum absolute atomic E-state index is 16.4. The highest BCUT2D eigenvalue weighted by molar-refractivity contribution is 7.17. The lowest BCUT2D eigenvalue weighted by atomic mass is 9.95. The van der Waals surface area contributed by atoms with E-state index in [0.717, 1.165) is 38.8 Å². The molecule has 0 radical (unpaired) electrons. The fourth-order valence-electron chi connectivity index (χ4n) is 6.82. The van der Waals surface area contributed by atoms with Gasteiger partial charge in [-0.05, 0) is 55.6 Å². The van der Waals surface area contributed by atoms with E-state index in [1.165, 1.54) is 23.5 Å². The van der Waals surface area contributed by atoms with Gasteiger partial charge in [0.15, 0.2) is 0 Å². The lowest BCUT2D eigenvalue weighted by Crippen LogP contribution is -2.42. The molecule has 50 heavy (non-hydrogen) atoms. The average Bonchev–Trinajstić information content (AvgIpc) is 3.92. The van der Waals surface area contributed by atoms with Crippen LogP contribution in [0.4, 0.5) is 8.78 Å². The van der Waals surface area contributed by atoms with Gasteiger partial charge in [-0.3, -0.25) is 14.2 Å². The first-order chi connectivity index (χ1) is 24.1. The molecular weight excluding hydrogens is 659 g/mol. The number of amides is 1. The molecule has 0 fully saturated rings. The number of rotatable bonds is 7. The number of aromatic nitrogens is 7. The summed E-state index contributed by atoms with van der Waals surface area (Å²) in [4.78, 5) is 24.4. The van der Waals surface area contributed by atoms with Crippen molar-refractivity contribution in [2.24, 2.45) is 14.1 Å². The van der Waals surface area contributed by atoms with Crippen LogP contribution in [-0.4, -0.2) is 51.4 Å². The summed E-state index contributed by atoms with van der Waals surface area (Å²) in [5.41, 5.74) is 6.19. The van der Waals surface area contributed by atoms with Gasteiger partial charge in [0, 0.05) is 55.5 Å². The highest BCUT2D eigenvalue weighted by atomic mass is 32.1. The fourth-order valence-corrected chi connectivity index (χ4v) is 7.73. The van der Waals surface area contributed by atoms with E-state index in [0.29, 0.717) is 34.6 Å². The van der Waals surface area contributed by atoms with Crippen LogP contribution in [0.5, 0.6) is 5.75 Å². The number of halogens is 2. The van der Waals surface area contributed by atoms with E-state index in [1.807, 2.05) is 65.9 Å². The van der Waals surface area contributed by atoms with E-state index in [-0.39, 0.29) is 35.9 Å². The van der Waals surface area contributed by atoms with Gasteiger partial charge in [-0.1, -0.05) is 12.6 Å². The molecule has 8 rings (SSSR count). The van der Waals surface area contributed by atoms with Crippen LogP contribution in [0.2, 0.25) is 0 Å². The van der Waals surface area contributed by atoms with Gasteiger partial charge in [0.2, 0.25) is 5.91 Å². The van der Waals surface area contributed by atoms with E-state index in [9.17, 15) is 9.18 Å². The lowest BCUT2D eigenvalue weighted by molar-refractivity contribution is -0.129. The second-order valence-electron chi connectivity index (χ2n) is 12.5. The Labute approximate surface area is 289 Å². The van der Waals surface area contributed by atoms with Crippen molar-refractivity contribution in [2.75, 3.05) is 6.54 Å². The normalized spacial score (nSPS) is 15.9. The summed E-state index contributed by atoms with van der Waals surface area (Å²) in [5, 5.41) is 11.9. The minimum absolute atomic E-state index is 0.0235. The number of benzene rings is 2. The Bertz CT molecular complexity index is 2480. The van der Waals surface area contributed by atoms with Gasteiger partial charge < -0.3 is 14.2 Å². The van der Waals surface area contributed by atoms with E-state index >= 15 is 4.39 Å². The van der Waals surface area contributed by atoms with Crippen LogP contribution in [0.1, 0.15) is 37.3 Å². The average molecular weight is 691 g/mol. The number of ether oxygens (including phenoxy) is 1. The number of thiophene rings is 1. The van der Waals surface area contributed by atoms with Gasteiger partial charge >= 0.3 is 0 Å². The van der Waals surface area contributed by atoms with Crippen LogP contribution in [0.15, 0.2) is 79.1 Å². The van der Waals surface area contributed by atoms with Gasteiger partial charge in [0.05, 0.1) is 56.8 Å². The molecule has 10 nitrogen and oxygen atoms in total. The Morgan fingerprint density at radius 1 is 1.08 bits per heavy atom. The van der Waals surface area contributed by atoms with E-state index < -0.39 is 11.6 Å². The van der Waals surface area contributed by atoms with Crippen molar-refractivity contribution in [3.63, 3.8) is 0 Å². The molecule has 1 amide bonds. The summed E-state index contributed by atoms with van der Waals surface area (Å²) in [7, 11) is 3.71. The second kappa shape index (κ2) is 12.0. The van der Waals surface area contributed by atoms with Gasteiger partial charge in [-0.2, -0.15) is 10.2 Å². The first-order valence-electron chi connectivity index (χ1n) is 16.1. The van der Waals surface area contributed by atoms with Crippen molar-refractivity contribution in [1.82, 2.24) is 39.0 Å². The quantitative estimate of drug-likeness (QED) is 0.160.